The Kier molecular flexibility index (Phi) is 3.57. The van der Waals surface area contributed by atoms with Gasteiger partial charge >= 0.3 is 0 Å². The maximum atomic E-state index is 11.4. The van der Waals surface area contributed by atoms with Crippen LogP contribution in [0.3, 0.4) is 0 Å². The summed E-state index contributed by atoms with van der Waals surface area (Å²) in [4.78, 5) is 11.4. The van der Waals surface area contributed by atoms with Crippen LogP contribution in [0.25, 0.3) is 11.3 Å². The van der Waals surface area contributed by atoms with E-state index in [0.29, 0.717) is 16.6 Å². The fourth-order valence-corrected chi connectivity index (χ4v) is 3.07. The summed E-state index contributed by atoms with van der Waals surface area (Å²) < 4.78 is 4.32. The summed E-state index contributed by atoms with van der Waals surface area (Å²) in [5.74, 6) is 1.37. The van der Waals surface area contributed by atoms with Crippen molar-refractivity contribution in [1.29, 1.82) is 0 Å². The third kappa shape index (κ3) is 2.36. The van der Waals surface area contributed by atoms with Gasteiger partial charge in [-0.1, -0.05) is 23.2 Å². The molecule has 1 aromatic carbocycles. The van der Waals surface area contributed by atoms with Crippen LogP contribution in [0.1, 0.15) is 19.2 Å². The van der Waals surface area contributed by atoms with Gasteiger partial charge < -0.3 is 0 Å². The first-order valence-corrected chi connectivity index (χ1v) is 7.38. The fourth-order valence-electron chi connectivity index (χ4n) is 2.77. The predicted molar refractivity (Wildman–Crippen MR) is 79.1 cm³/mol. The zero-order chi connectivity index (χ0) is 14.3. The number of Topliss-reactive ketones (excluding diaryl/α,β-unsaturated/α-hetero) is 1. The van der Waals surface area contributed by atoms with Crippen molar-refractivity contribution in [2.24, 2.45) is 0 Å². The number of hydrogen-bond acceptors (Lipinski definition) is 1. The Bertz CT molecular complexity index is 691. The lowest BCUT2D eigenvalue weighted by Gasteiger charge is -2.01. The van der Waals surface area contributed by atoms with Gasteiger partial charge in [0.2, 0.25) is 0 Å². The molecule has 5 heteroatoms. The molecule has 20 heavy (non-hydrogen) atoms. The van der Waals surface area contributed by atoms with E-state index in [0.717, 1.165) is 30.6 Å². The van der Waals surface area contributed by atoms with Crippen molar-refractivity contribution in [1.82, 2.24) is 4.57 Å². The zero-order valence-corrected chi connectivity index (χ0v) is 12.7. The Morgan fingerprint density at radius 1 is 1.35 bits per heavy atom. The molecular weight excluding hydrogens is 295 g/mol. The maximum Gasteiger partial charge on any atom is 0.257 e. The highest BCUT2D eigenvalue weighted by atomic mass is 35.5. The number of rotatable bonds is 3. The molecule has 1 aliphatic rings. The van der Waals surface area contributed by atoms with Crippen molar-refractivity contribution in [3.8, 4) is 11.3 Å². The Labute approximate surface area is 127 Å². The SMILES string of the molecule is CC(=O)C[n+]1cc(-c2ccc(Cl)c(Cl)c2)n2c1CCC2. The summed E-state index contributed by atoms with van der Waals surface area (Å²) in [6, 6.07) is 5.65. The molecule has 2 aromatic rings. The molecule has 3 rings (SSSR count). The van der Waals surface area contributed by atoms with E-state index in [1.807, 2.05) is 29.0 Å². The monoisotopic (exact) mass is 309 g/mol. The van der Waals surface area contributed by atoms with E-state index in [4.69, 9.17) is 23.2 Å². The highest BCUT2D eigenvalue weighted by Gasteiger charge is 2.29. The lowest BCUT2D eigenvalue weighted by Crippen LogP contribution is -2.39. The predicted octanol–water partition coefficient (Wildman–Crippen LogP) is 3.28. The molecule has 0 amide bonds. The minimum absolute atomic E-state index is 0.163. The number of imidazole rings is 1. The molecule has 104 valence electrons. The largest absolute Gasteiger partial charge is 0.296 e. The number of carbonyl (C=O) groups is 1. The van der Waals surface area contributed by atoms with Crippen LogP contribution >= 0.6 is 23.2 Å². The van der Waals surface area contributed by atoms with Crippen molar-refractivity contribution in [2.45, 2.75) is 32.9 Å². The Morgan fingerprint density at radius 3 is 2.85 bits per heavy atom. The van der Waals surface area contributed by atoms with Crippen LogP contribution in [0, 0.1) is 0 Å². The third-order valence-corrected chi connectivity index (χ3v) is 4.34. The summed E-state index contributed by atoms with van der Waals surface area (Å²) >= 11 is 12.1. The number of benzene rings is 1. The van der Waals surface area contributed by atoms with Crippen LogP contribution < -0.4 is 4.57 Å². The number of ketones is 1. The maximum absolute atomic E-state index is 11.4. The van der Waals surface area contributed by atoms with E-state index >= 15 is 0 Å². The molecule has 0 spiro atoms. The second-order valence-corrected chi connectivity index (χ2v) is 5.96. The fraction of sp³-hybridized carbons (Fsp3) is 0.333. The summed E-state index contributed by atoms with van der Waals surface area (Å²) in [5.41, 5.74) is 2.13. The lowest BCUT2D eigenvalue weighted by atomic mass is 10.1. The summed E-state index contributed by atoms with van der Waals surface area (Å²) in [6.45, 7) is 3.03. The van der Waals surface area contributed by atoms with E-state index < -0.39 is 0 Å². The summed E-state index contributed by atoms with van der Waals surface area (Å²) in [5, 5.41) is 1.11. The molecule has 0 aliphatic carbocycles. The Hall–Kier alpha value is -1.32. The normalized spacial score (nSPS) is 13.6. The van der Waals surface area contributed by atoms with Crippen LogP contribution in [0.5, 0.6) is 0 Å². The standard InChI is InChI=1S/C15H15Cl2N2O/c1-10(20)8-18-9-14(19-6-2-3-15(18)19)11-4-5-12(16)13(17)7-11/h4-5,7,9H,2-3,6,8H2,1H3/q+1. The van der Waals surface area contributed by atoms with Gasteiger partial charge in [-0.15, -0.1) is 0 Å². The average Bonchev–Trinajstić information content (AvgIpc) is 2.96. The third-order valence-electron chi connectivity index (χ3n) is 3.60. The molecule has 1 aliphatic heterocycles. The van der Waals surface area contributed by atoms with Gasteiger partial charge in [-0.05, 0) is 31.5 Å². The molecule has 0 unspecified atom stereocenters. The van der Waals surface area contributed by atoms with Crippen molar-refractivity contribution < 1.29 is 9.36 Å². The van der Waals surface area contributed by atoms with E-state index in [1.54, 1.807) is 6.92 Å². The Morgan fingerprint density at radius 2 is 2.15 bits per heavy atom. The number of aromatic nitrogens is 2. The zero-order valence-electron chi connectivity index (χ0n) is 11.2. The molecule has 2 heterocycles. The van der Waals surface area contributed by atoms with E-state index in [1.165, 1.54) is 5.82 Å². The summed E-state index contributed by atoms with van der Waals surface area (Å²) in [7, 11) is 0. The Balaban J connectivity index is 2.09. The summed E-state index contributed by atoms with van der Waals surface area (Å²) in [6.07, 6.45) is 4.16. The van der Waals surface area contributed by atoms with Crippen LogP contribution in [-0.4, -0.2) is 10.4 Å². The number of nitrogens with zero attached hydrogens (tertiary/aromatic N) is 2. The van der Waals surface area contributed by atoms with Crippen LogP contribution in [0.15, 0.2) is 24.4 Å². The first kappa shape index (κ1) is 13.7. The average molecular weight is 310 g/mol. The molecule has 1 aromatic heterocycles. The van der Waals surface area contributed by atoms with Gasteiger partial charge in [0.15, 0.2) is 11.5 Å². The second kappa shape index (κ2) is 5.23. The molecule has 0 fully saturated rings. The first-order valence-electron chi connectivity index (χ1n) is 6.63. The van der Waals surface area contributed by atoms with Crippen LogP contribution in [-0.2, 0) is 24.3 Å². The molecule has 3 nitrogen and oxygen atoms in total. The molecule has 0 bridgehead atoms. The molecule has 0 saturated carbocycles. The van der Waals surface area contributed by atoms with Crippen LogP contribution in [0.4, 0.5) is 0 Å². The molecular formula is C15H15Cl2N2O+. The van der Waals surface area contributed by atoms with Crippen LogP contribution in [0.2, 0.25) is 10.0 Å². The van der Waals surface area contributed by atoms with E-state index in [-0.39, 0.29) is 5.78 Å². The number of halogens is 2. The van der Waals surface area contributed by atoms with Gasteiger partial charge in [0.1, 0.15) is 12.7 Å². The van der Waals surface area contributed by atoms with Gasteiger partial charge in [-0.3, -0.25) is 4.79 Å². The second-order valence-electron chi connectivity index (χ2n) is 5.14. The van der Waals surface area contributed by atoms with Crippen molar-refractivity contribution in [2.75, 3.05) is 0 Å². The topological polar surface area (TPSA) is 25.9 Å². The minimum atomic E-state index is 0.163. The van der Waals surface area contributed by atoms with E-state index in [2.05, 4.69) is 4.57 Å². The molecule has 0 atom stereocenters. The first-order chi connectivity index (χ1) is 9.56. The number of hydrogen-bond donors (Lipinski definition) is 0. The lowest BCUT2D eigenvalue weighted by molar-refractivity contribution is -0.690. The van der Waals surface area contributed by atoms with E-state index in [9.17, 15) is 4.79 Å². The van der Waals surface area contributed by atoms with Gasteiger partial charge in [0.25, 0.3) is 5.82 Å². The number of carbonyl (C=O) groups excluding carboxylic acids is 1. The molecule has 0 N–H and O–H groups in total. The van der Waals surface area contributed by atoms with Crippen molar-refractivity contribution >= 4 is 29.0 Å². The molecule has 0 saturated heterocycles. The van der Waals surface area contributed by atoms with Gasteiger partial charge in [0, 0.05) is 5.56 Å². The van der Waals surface area contributed by atoms with Crippen molar-refractivity contribution in [3.05, 3.63) is 40.3 Å². The quantitative estimate of drug-likeness (QED) is 0.799. The van der Waals surface area contributed by atoms with Gasteiger partial charge in [-0.25, -0.2) is 9.13 Å². The highest BCUT2D eigenvalue weighted by Crippen LogP contribution is 2.30. The van der Waals surface area contributed by atoms with Gasteiger partial charge in [0.05, 0.1) is 23.0 Å². The minimum Gasteiger partial charge on any atom is -0.296 e. The smallest absolute Gasteiger partial charge is 0.257 e. The number of fused-ring (bicyclic) bond motifs is 1. The molecule has 0 radical (unpaired) electrons. The highest BCUT2D eigenvalue weighted by molar-refractivity contribution is 6.42. The van der Waals surface area contributed by atoms with Crippen molar-refractivity contribution in [3.63, 3.8) is 0 Å². The van der Waals surface area contributed by atoms with Gasteiger partial charge in [-0.2, -0.15) is 0 Å².